The number of rotatable bonds is 2. The van der Waals surface area contributed by atoms with Crippen molar-refractivity contribution < 1.29 is 4.79 Å². The van der Waals surface area contributed by atoms with E-state index in [-0.39, 0.29) is 0 Å². The number of hydrogen-bond acceptors (Lipinski definition) is 3. The number of carbonyl (C=O) groups excluding carboxylic acids is 1. The fourth-order valence-electron chi connectivity index (χ4n) is 3.33. The molecule has 0 spiro atoms. The Balaban J connectivity index is 1.54. The van der Waals surface area contributed by atoms with Crippen LogP contribution in [0.2, 0.25) is 0 Å². The second-order valence-electron chi connectivity index (χ2n) is 5.86. The molecule has 3 rings (SSSR count). The number of aromatic nitrogens is 1. The Labute approximate surface area is 120 Å². The Hall–Kier alpha value is -1.58. The minimum atomic E-state index is 0.300. The van der Waals surface area contributed by atoms with E-state index in [0.717, 1.165) is 44.7 Å². The maximum absolute atomic E-state index is 12.5. The molecule has 0 aromatic carbocycles. The molecule has 20 heavy (non-hydrogen) atoms. The molecule has 108 valence electrons. The van der Waals surface area contributed by atoms with Gasteiger partial charge in [0.1, 0.15) is 0 Å². The number of amides is 1. The highest BCUT2D eigenvalue weighted by atomic mass is 16.2. The number of hydrogen-bond donors (Lipinski definition) is 0. The molecule has 1 saturated carbocycles. The maximum Gasteiger partial charge on any atom is 0.225 e. The summed E-state index contributed by atoms with van der Waals surface area (Å²) in [6, 6.07) is 4.06. The van der Waals surface area contributed by atoms with E-state index < -0.39 is 0 Å². The van der Waals surface area contributed by atoms with Gasteiger partial charge < -0.3 is 9.80 Å². The maximum atomic E-state index is 12.5. The van der Waals surface area contributed by atoms with Crippen molar-refractivity contribution in [2.24, 2.45) is 5.92 Å². The van der Waals surface area contributed by atoms with Gasteiger partial charge in [-0.25, -0.2) is 0 Å². The van der Waals surface area contributed by atoms with Crippen molar-refractivity contribution in [3.8, 4) is 0 Å². The van der Waals surface area contributed by atoms with Gasteiger partial charge in [0.25, 0.3) is 0 Å². The minimum absolute atomic E-state index is 0.300. The molecule has 1 saturated heterocycles. The molecule has 0 N–H and O–H groups in total. The van der Waals surface area contributed by atoms with Crippen LogP contribution in [-0.2, 0) is 4.79 Å². The van der Waals surface area contributed by atoms with Crippen LogP contribution >= 0.6 is 0 Å². The van der Waals surface area contributed by atoms with Gasteiger partial charge >= 0.3 is 0 Å². The van der Waals surface area contributed by atoms with Crippen LogP contribution in [0.15, 0.2) is 24.5 Å². The fourth-order valence-corrected chi connectivity index (χ4v) is 3.33. The van der Waals surface area contributed by atoms with E-state index in [0.29, 0.717) is 11.8 Å². The summed E-state index contributed by atoms with van der Waals surface area (Å²) < 4.78 is 0. The first-order valence-corrected chi connectivity index (χ1v) is 7.78. The normalized spacial score (nSPS) is 21.0. The van der Waals surface area contributed by atoms with Crippen LogP contribution in [0.4, 0.5) is 5.69 Å². The summed E-state index contributed by atoms with van der Waals surface area (Å²) in [5.74, 6) is 0.698. The Bertz CT molecular complexity index is 434. The summed E-state index contributed by atoms with van der Waals surface area (Å²) in [5, 5.41) is 0. The van der Waals surface area contributed by atoms with Crippen molar-refractivity contribution in [1.82, 2.24) is 9.88 Å². The number of anilines is 1. The van der Waals surface area contributed by atoms with Crippen molar-refractivity contribution in [3.05, 3.63) is 24.5 Å². The summed E-state index contributed by atoms with van der Waals surface area (Å²) in [6.45, 7) is 3.54. The Kier molecular flexibility index (Phi) is 4.19. The number of piperazine rings is 1. The van der Waals surface area contributed by atoms with E-state index in [1.165, 1.54) is 19.3 Å². The average molecular weight is 273 g/mol. The summed E-state index contributed by atoms with van der Waals surface area (Å²) in [7, 11) is 0. The zero-order valence-corrected chi connectivity index (χ0v) is 12.0. The van der Waals surface area contributed by atoms with Crippen LogP contribution in [0.25, 0.3) is 0 Å². The SMILES string of the molecule is O=C(C1CCCCC1)N1CCN(c2cccnc2)CC1. The molecule has 1 aliphatic heterocycles. The van der Waals surface area contributed by atoms with Crippen LogP contribution < -0.4 is 4.90 Å². The summed E-state index contributed by atoms with van der Waals surface area (Å²) in [6.07, 6.45) is 9.66. The third kappa shape index (κ3) is 2.94. The summed E-state index contributed by atoms with van der Waals surface area (Å²) in [4.78, 5) is 21.0. The Morgan fingerprint density at radius 1 is 1.10 bits per heavy atom. The van der Waals surface area contributed by atoms with Crippen LogP contribution in [0.1, 0.15) is 32.1 Å². The summed E-state index contributed by atoms with van der Waals surface area (Å²) >= 11 is 0. The fraction of sp³-hybridized carbons (Fsp3) is 0.625. The highest BCUT2D eigenvalue weighted by molar-refractivity contribution is 5.79. The van der Waals surface area contributed by atoms with Crippen LogP contribution in [-0.4, -0.2) is 42.0 Å². The van der Waals surface area contributed by atoms with Gasteiger partial charge in [0, 0.05) is 38.3 Å². The van der Waals surface area contributed by atoms with Crippen molar-refractivity contribution in [3.63, 3.8) is 0 Å². The van der Waals surface area contributed by atoms with Gasteiger partial charge in [-0.15, -0.1) is 0 Å². The van der Waals surface area contributed by atoms with E-state index in [2.05, 4.69) is 20.9 Å². The van der Waals surface area contributed by atoms with Crippen LogP contribution in [0.3, 0.4) is 0 Å². The zero-order chi connectivity index (χ0) is 13.8. The van der Waals surface area contributed by atoms with Gasteiger partial charge in [0.15, 0.2) is 0 Å². The molecule has 0 atom stereocenters. The van der Waals surface area contributed by atoms with Gasteiger partial charge in [-0.3, -0.25) is 9.78 Å². The van der Waals surface area contributed by atoms with Crippen LogP contribution in [0.5, 0.6) is 0 Å². The monoisotopic (exact) mass is 273 g/mol. The van der Waals surface area contributed by atoms with Gasteiger partial charge in [0.2, 0.25) is 5.91 Å². The molecule has 4 nitrogen and oxygen atoms in total. The molecule has 2 aliphatic rings. The molecule has 0 unspecified atom stereocenters. The lowest BCUT2D eigenvalue weighted by Gasteiger charge is -2.38. The highest BCUT2D eigenvalue weighted by Crippen LogP contribution is 2.26. The van der Waals surface area contributed by atoms with Gasteiger partial charge in [0.05, 0.1) is 11.9 Å². The summed E-state index contributed by atoms with van der Waals surface area (Å²) in [5.41, 5.74) is 1.16. The van der Waals surface area contributed by atoms with Crippen molar-refractivity contribution >= 4 is 11.6 Å². The average Bonchev–Trinajstić information content (AvgIpc) is 2.56. The van der Waals surface area contributed by atoms with Gasteiger partial charge in [-0.05, 0) is 25.0 Å². The predicted molar refractivity (Wildman–Crippen MR) is 79.6 cm³/mol. The number of carbonyl (C=O) groups is 1. The standard InChI is InChI=1S/C16H23N3O/c20-16(14-5-2-1-3-6-14)19-11-9-18(10-12-19)15-7-4-8-17-13-15/h4,7-8,13-14H,1-3,5-6,9-12H2. The molecule has 0 bridgehead atoms. The van der Waals surface area contributed by atoms with Crippen molar-refractivity contribution in [1.29, 1.82) is 0 Å². The predicted octanol–water partition coefficient (Wildman–Crippen LogP) is 2.31. The van der Waals surface area contributed by atoms with Crippen molar-refractivity contribution in [2.45, 2.75) is 32.1 Å². The zero-order valence-electron chi connectivity index (χ0n) is 12.0. The quantitative estimate of drug-likeness (QED) is 0.829. The Morgan fingerprint density at radius 2 is 1.85 bits per heavy atom. The van der Waals surface area contributed by atoms with E-state index in [9.17, 15) is 4.79 Å². The minimum Gasteiger partial charge on any atom is -0.367 e. The molecule has 1 aliphatic carbocycles. The van der Waals surface area contributed by atoms with E-state index >= 15 is 0 Å². The third-order valence-electron chi connectivity index (χ3n) is 4.56. The second-order valence-corrected chi connectivity index (χ2v) is 5.86. The lowest BCUT2D eigenvalue weighted by molar-refractivity contribution is -0.136. The first-order valence-electron chi connectivity index (χ1n) is 7.78. The Morgan fingerprint density at radius 3 is 2.50 bits per heavy atom. The number of pyridine rings is 1. The lowest BCUT2D eigenvalue weighted by Crippen LogP contribution is -2.50. The number of nitrogens with zero attached hydrogens (tertiary/aromatic N) is 3. The molecule has 0 radical (unpaired) electrons. The van der Waals surface area contributed by atoms with Gasteiger partial charge in [-0.2, -0.15) is 0 Å². The molecular weight excluding hydrogens is 250 g/mol. The van der Waals surface area contributed by atoms with E-state index in [1.807, 2.05) is 12.3 Å². The highest BCUT2D eigenvalue weighted by Gasteiger charge is 2.28. The molecule has 4 heteroatoms. The lowest BCUT2D eigenvalue weighted by atomic mass is 9.88. The molecular formula is C16H23N3O. The third-order valence-corrected chi connectivity index (χ3v) is 4.56. The second kappa shape index (κ2) is 6.25. The first-order chi connectivity index (χ1) is 9.84. The first kappa shape index (κ1) is 13.4. The topological polar surface area (TPSA) is 36.4 Å². The molecule has 2 heterocycles. The van der Waals surface area contributed by atoms with Gasteiger partial charge in [-0.1, -0.05) is 19.3 Å². The molecule has 2 fully saturated rings. The molecule has 1 amide bonds. The smallest absolute Gasteiger partial charge is 0.225 e. The van der Waals surface area contributed by atoms with E-state index in [1.54, 1.807) is 6.20 Å². The molecule has 1 aromatic heterocycles. The van der Waals surface area contributed by atoms with Crippen LogP contribution in [0, 0.1) is 5.92 Å². The largest absolute Gasteiger partial charge is 0.367 e. The molecule has 1 aromatic rings. The van der Waals surface area contributed by atoms with E-state index in [4.69, 9.17) is 0 Å². The van der Waals surface area contributed by atoms with Crippen molar-refractivity contribution in [2.75, 3.05) is 31.1 Å².